The molecule has 3 nitrogen and oxygen atoms in total. The summed E-state index contributed by atoms with van der Waals surface area (Å²) < 4.78 is 14.4. The van der Waals surface area contributed by atoms with Gasteiger partial charge in [-0.3, -0.25) is 0 Å². The third-order valence-corrected chi connectivity index (χ3v) is 2.79. The van der Waals surface area contributed by atoms with E-state index < -0.39 is 0 Å². The van der Waals surface area contributed by atoms with Gasteiger partial charge in [-0.15, -0.1) is 6.58 Å². The molecule has 0 fully saturated rings. The number of pyridine rings is 1. The zero-order valence-electron chi connectivity index (χ0n) is 12.1. The molecule has 1 heterocycles. The fourth-order valence-electron chi connectivity index (χ4n) is 1.85. The minimum Gasteiger partial charge on any atom is -0.350 e. The van der Waals surface area contributed by atoms with E-state index in [2.05, 4.69) is 23.8 Å². The lowest BCUT2D eigenvalue weighted by Gasteiger charge is -2.23. The van der Waals surface area contributed by atoms with Crippen molar-refractivity contribution in [1.82, 2.24) is 10.3 Å². The molecular weight excluding hydrogens is 241 g/mol. The number of halogens is 1. The molecule has 0 radical (unpaired) electrons. The van der Waals surface area contributed by atoms with Crippen molar-refractivity contribution in [2.24, 2.45) is 0 Å². The van der Waals surface area contributed by atoms with Crippen LogP contribution in [-0.4, -0.2) is 24.1 Å². The van der Waals surface area contributed by atoms with E-state index in [1.165, 1.54) is 0 Å². The maximum Gasteiger partial charge on any atom is 0.170 e. The van der Waals surface area contributed by atoms with Gasteiger partial charge in [-0.2, -0.15) is 0 Å². The predicted octanol–water partition coefficient (Wildman–Crippen LogP) is 3.12. The van der Waals surface area contributed by atoms with Crippen molar-refractivity contribution in [3.63, 3.8) is 0 Å². The van der Waals surface area contributed by atoms with Crippen molar-refractivity contribution in [1.29, 1.82) is 0 Å². The number of hydrogen-bond donors (Lipinski definition) is 1. The second kappa shape index (κ2) is 7.89. The van der Waals surface area contributed by atoms with Gasteiger partial charge in [0, 0.05) is 37.4 Å². The average Bonchev–Trinajstić information content (AvgIpc) is 2.37. The molecule has 0 bridgehead atoms. The Morgan fingerprint density at radius 3 is 2.84 bits per heavy atom. The molecule has 0 aliphatic heterocycles. The smallest absolute Gasteiger partial charge is 0.170 e. The van der Waals surface area contributed by atoms with Crippen LogP contribution in [0.3, 0.4) is 0 Å². The zero-order chi connectivity index (χ0) is 14.3. The zero-order valence-corrected chi connectivity index (χ0v) is 12.1. The Morgan fingerprint density at radius 1 is 1.53 bits per heavy atom. The minimum absolute atomic E-state index is 0.231. The molecule has 0 saturated carbocycles. The Morgan fingerprint density at radius 2 is 2.26 bits per heavy atom. The number of anilines is 1. The lowest BCUT2D eigenvalue weighted by molar-refractivity contribution is 0.547. The van der Waals surface area contributed by atoms with Gasteiger partial charge in [0.15, 0.2) is 11.6 Å². The Bertz CT molecular complexity index is 404. The number of rotatable bonds is 8. The summed E-state index contributed by atoms with van der Waals surface area (Å²) in [4.78, 5) is 6.10. The van der Waals surface area contributed by atoms with Crippen molar-refractivity contribution >= 4 is 5.82 Å². The van der Waals surface area contributed by atoms with Crippen molar-refractivity contribution < 1.29 is 4.39 Å². The molecule has 0 saturated heterocycles. The third kappa shape index (κ3) is 4.63. The fourth-order valence-corrected chi connectivity index (χ4v) is 1.85. The predicted molar refractivity (Wildman–Crippen MR) is 78.9 cm³/mol. The van der Waals surface area contributed by atoms with E-state index in [0.29, 0.717) is 30.5 Å². The summed E-state index contributed by atoms with van der Waals surface area (Å²) in [5.74, 6) is 0.191. The van der Waals surface area contributed by atoms with E-state index in [1.54, 1.807) is 18.3 Å². The van der Waals surface area contributed by atoms with Crippen molar-refractivity contribution in [3.8, 4) is 0 Å². The third-order valence-electron chi connectivity index (χ3n) is 2.79. The summed E-state index contributed by atoms with van der Waals surface area (Å²) in [6, 6.07) is 2.06. The molecule has 0 spiro atoms. The van der Waals surface area contributed by atoms with Crippen molar-refractivity contribution in [2.45, 2.75) is 39.8 Å². The maximum atomic E-state index is 14.4. The van der Waals surface area contributed by atoms with Crippen LogP contribution in [0.5, 0.6) is 0 Å². The van der Waals surface area contributed by atoms with Gasteiger partial charge in [0.05, 0.1) is 0 Å². The molecule has 1 rings (SSSR count). The minimum atomic E-state index is -0.231. The largest absolute Gasteiger partial charge is 0.350 e. The molecule has 0 aliphatic rings. The van der Waals surface area contributed by atoms with E-state index >= 15 is 0 Å². The van der Waals surface area contributed by atoms with Crippen LogP contribution in [0.2, 0.25) is 0 Å². The van der Waals surface area contributed by atoms with Gasteiger partial charge in [-0.25, -0.2) is 9.37 Å². The van der Waals surface area contributed by atoms with E-state index in [9.17, 15) is 4.39 Å². The Balaban J connectivity index is 2.93. The molecule has 106 valence electrons. The van der Waals surface area contributed by atoms with Gasteiger partial charge >= 0.3 is 0 Å². The lowest BCUT2D eigenvalue weighted by atomic mass is 10.2. The fraction of sp³-hybridized carbons (Fsp3) is 0.533. The number of aromatic nitrogens is 1. The van der Waals surface area contributed by atoms with Crippen LogP contribution in [-0.2, 0) is 6.54 Å². The van der Waals surface area contributed by atoms with Gasteiger partial charge in [0.2, 0.25) is 0 Å². The van der Waals surface area contributed by atoms with Crippen molar-refractivity contribution in [2.75, 3.05) is 18.0 Å². The molecule has 0 aliphatic carbocycles. The summed E-state index contributed by atoms with van der Waals surface area (Å²) in [6.45, 7) is 11.8. The average molecular weight is 265 g/mol. The van der Waals surface area contributed by atoms with E-state index in [0.717, 1.165) is 13.0 Å². The van der Waals surface area contributed by atoms with Gasteiger partial charge < -0.3 is 10.2 Å². The first-order valence-electron chi connectivity index (χ1n) is 6.82. The molecule has 0 aromatic carbocycles. The maximum absolute atomic E-state index is 14.4. The second-order valence-electron chi connectivity index (χ2n) is 4.88. The van der Waals surface area contributed by atoms with Crippen LogP contribution in [0.15, 0.2) is 24.9 Å². The second-order valence-corrected chi connectivity index (χ2v) is 4.88. The SMILES string of the molecule is C=CCN(CCC)c1nccc(CNC(C)C)c1F. The monoisotopic (exact) mass is 265 g/mol. The summed E-state index contributed by atoms with van der Waals surface area (Å²) in [5.41, 5.74) is 0.656. The molecule has 0 amide bonds. The molecule has 1 aromatic rings. The number of nitrogens with one attached hydrogen (secondary N) is 1. The Kier molecular flexibility index (Phi) is 6.50. The van der Waals surface area contributed by atoms with E-state index in [4.69, 9.17) is 0 Å². The summed E-state index contributed by atoms with van der Waals surface area (Å²) in [7, 11) is 0. The summed E-state index contributed by atoms with van der Waals surface area (Å²) >= 11 is 0. The summed E-state index contributed by atoms with van der Waals surface area (Å²) in [5, 5.41) is 3.23. The lowest BCUT2D eigenvalue weighted by Crippen LogP contribution is -2.27. The highest BCUT2D eigenvalue weighted by atomic mass is 19.1. The highest BCUT2D eigenvalue weighted by molar-refractivity contribution is 5.43. The molecule has 1 aromatic heterocycles. The van der Waals surface area contributed by atoms with Gasteiger partial charge in [0.25, 0.3) is 0 Å². The quantitative estimate of drug-likeness (QED) is 0.732. The van der Waals surface area contributed by atoms with Gasteiger partial charge in [-0.1, -0.05) is 26.8 Å². The molecule has 1 N–H and O–H groups in total. The van der Waals surface area contributed by atoms with E-state index in [1.807, 2.05) is 18.7 Å². The van der Waals surface area contributed by atoms with Crippen LogP contribution in [0.25, 0.3) is 0 Å². The van der Waals surface area contributed by atoms with Crippen LogP contribution in [0, 0.1) is 5.82 Å². The molecule has 4 heteroatoms. The van der Waals surface area contributed by atoms with Gasteiger partial charge in [0.1, 0.15) is 0 Å². The highest BCUT2D eigenvalue weighted by Gasteiger charge is 2.14. The van der Waals surface area contributed by atoms with Crippen LogP contribution < -0.4 is 10.2 Å². The highest BCUT2D eigenvalue weighted by Crippen LogP contribution is 2.19. The Hall–Kier alpha value is -1.42. The molecular formula is C15H24FN3. The number of nitrogens with zero attached hydrogens (tertiary/aromatic N) is 2. The first kappa shape index (κ1) is 15.6. The van der Waals surface area contributed by atoms with E-state index in [-0.39, 0.29) is 5.82 Å². The van der Waals surface area contributed by atoms with Crippen LogP contribution in [0.1, 0.15) is 32.8 Å². The molecule has 0 unspecified atom stereocenters. The molecule has 19 heavy (non-hydrogen) atoms. The van der Waals surface area contributed by atoms with Gasteiger partial charge in [-0.05, 0) is 12.5 Å². The normalized spacial score (nSPS) is 10.8. The number of hydrogen-bond acceptors (Lipinski definition) is 3. The Labute approximate surface area is 115 Å². The first-order chi connectivity index (χ1) is 9.10. The van der Waals surface area contributed by atoms with Crippen LogP contribution >= 0.6 is 0 Å². The topological polar surface area (TPSA) is 28.2 Å². The first-order valence-corrected chi connectivity index (χ1v) is 6.82. The summed E-state index contributed by atoms with van der Waals surface area (Å²) in [6.07, 6.45) is 4.39. The van der Waals surface area contributed by atoms with Crippen LogP contribution in [0.4, 0.5) is 10.2 Å². The van der Waals surface area contributed by atoms with Crippen molar-refractivity contribution in [3.05, 3.63) is 36.3 Å². The standard InChI is InChI=1S/C15H24FN3/c1-5-9-19(10-6-2)15-14(16)13(7-8-17-15)11-18-12(3)4/h5,7-8,12,18H,1,6,9-11H2,2-4H3. The molecule has 0 atom stereocenters.